The molecule has 0 aliphatic rings. The van der Waals surface area contributed by atoms with Crippen molar-refractivity contribution in [3.8, 4) is 68.8 Å². The standard InChI is InChI=1S/C72H44N10/c1-5-22-45(23-6-1)67-73-68(46-24-7-2-8-25-46)76-71(75-67)81-59-37-18-15-34-53(59)57-43-63-56(44-64(57)81)52-33-14-17-36-58(52)80(63)50-31-21-30-49(42-50)79-61-39-20-16-35-55(61)65-62(79)41-40-54-51-32-13-19-38-60(51)82(66(54)65)72-77-69(47-26-9-3-10-27-47)74-70(78-72)48-28-11-4-12-29-48/h1-44H. The molecule has 10 heteroatoms. The summed E-state index contributed by atoms with van der Waals surface area (Å²) >= 11 is 0. The van der Waals surface area contributed by atoms with Crippen LogP contribution in [0.4, 0.5) is 0 Å². The summed E-state index contributed by atoms with van der Waals surface area (Å²) in [6.45, 7) is 0. The Morgan fingerprint density at radius 1 is 0.207 bits per heavy atom. The summed E-state index contributed by atoms with van der Waals surface area (Å²) in [6.07, 6.45) is 0. The van der Waals surface area contributed by atoms with Crippen LogP contribution in [-0.4, -0.2) is 48.2 Å². The molecular formula is C72H44N10. The van der Waals surface area contributed by atoms with Crippen LogP contribution in [0.1, 0.15) is 0 Å². The fourth-order valence-corrected chi connectivity index (χ4v) is 12.5. The van der Waals surface area contributed by atoms with Gasteiger partial charge in [0.15, 0.2) is 23.3 Å². The Balaban J connectivity index is 0.885. The van der Waals surface area contributed by atoms with Crippen molar-refractivity contribution < 1.29 is 0 Å². The third kappa shape index (κ3) is 7.01. The van der Waals surface area contributed by atoms with Gasteiger partial charge in [-0.3, -0.25) is 9.13 Å². The molecule has 0 aliphatic carbocycles. The summed E-state index contributed by atoms with van der Waals surface area (Å²) < 4.78 is 9.29. The Labute approximate surface area is 468 Å². The quantitative estimate of drug-likeness (QED) is 0.150. The van der Waals surface area contributed by atoms with Crippen molar-refractivity contribution in [1.29, 1.82) is 0 Å². The molecule has 17 rings (SSSR count). The van der Waals surface area contributed by atoms with Gasteiger partial charge in [-0.15, -0.1) is 0 Å². The minimum atomic E-state index is 0.552. The monoisotopic (exact) mass is 1050 g/mol. The highest BCUT2D eigenvalue weighted by Gasteiger charge is 2.25. The highest BCUT2D eigenvalue weighted by Crippen LogP contribution is 2.44. The third-order valence-corrected chi connectivity index (χ3v) is 16.1. The van der Waals surface area contributed by atoms with Crippen molar-refractivity contribution in [2.45, 2.75) is 0 Å². The molecular weight excluding hydrogens is 1000 g/mol. The molecule has 0 saturated heterocycles. The minimum Gasteiger partial charge on any atom is -0.309 e. The first kappa shape index (κ1) is 45.6. The fraction of sp³-hybridized carbons (Fsp3) is 0. The average Bonchev–Trinajstić information content (AvgIpc) is 2.53. The van der Waals surface area contributed by atoms with E-state index >= 15 is 0 Å². The van der Waals surface area contributed by atoms with Gasteiger partial charge in [-0.2, -0.15) is 19.9 Å². The van der Waals surface area contributed by atoms with Gasteiger partial charge in [0.2, 0.25) is 11.9 Å². The van der Waals surface area contributed by atoms with Gasteiger partial charge in [0.05, 0.1) is 44.1 Å². The largest absolute Gasteiger partial charge is 0.309 e. The van der Waals surface area contributed by atoms with Gasteiger partial charge in [0.25, 0.3) is 0 Å². The average molecular weight is 1050 g/mol. The lowest BCUT2D eigenvalue weighted by Gasteiger charge is -2.13. The maximum Gasteiger partial charge on any atom is 0.238 e. The Morgan fingerprint density at radius 2 is 0.561 bits per heavy atom. The number of para-hydroxylation sites is 4. The zero-order valence-electron chi connectivity index (χ0n) is 43.9. The lowest BCUT2D eigenvalue weighted by Crippen LogP contribution is -2.06. The SMILES string of the molecule is c1ccc(-c2nc(-c3ccccc3)nc(-n3c4ccccc4c4cc5c(cc43)c3ccccc3n5-c3cccc(-n4c5ccccc5c5c4ccc4c6ccccc6n(-c6nc(-c7ccccc7)nc(-c7ccccc7)n6)c45)c3)n2)cc1. The number of hydrogen-bond donors (Lipinski definition) is 0. The molecule has 82 heavy (non-hydrogen) atoms. The lowest BCUT2D eigenvalue weighted by atomic mass is 10.1. The second-order valence-electron chi connectivity index (χ2n) is 20.7. The van der Waals surface area contributed by atoms with E-state index in [2.05, 4.69) is 212 Å². The van der Waals surface area contributed by atoms with Crippen molar-refractivity contribution in [3.05, 3.63) is 267 Å². The maximum atomic E-state index is 5.32. The summed E-state index contributed by atoms with van der Waals surface area (Å²) in [5.74, 6) is 3.55. The van der Waals surface area contributed by atoms with Gasteiger partial charge < -0.3 is 9.13 Å². The van der Waals surface area contributed by atoms with Gasteiger partial charge in [-0.1, -0.05) is 206 Å². The van der Waals surface area contributed by atoms with Crippen LogP contribution < -0.4 is 0 Å². The summed E-state index contributed by atoms with van der Waals surface area (Å²) in [7, 11) is 0. The summed E-state index contributed by atoms with van der Waals surface area (Å²) in [4.78, 5) is 31.3. The topological polar surface area (TPSA) is 97.1 Å². The normalized spacial score (nSPS) is 11.9. The molecule has 6 heterocycles. The Kier molecular flexibility index (Phi) is 10.1. The molecule has 0 unspecified atom stereocenters. The van der Waals surface area contributed by atoms with Crippen molar-refractivity contribution in [2.75, 3.05) is 0 Å². The predicted octanol–water partition coefficient (Wildman–Crippen LogP) is 17.1. The van der Waals surface area contributed by atoms with Crippen LogP contribution in [0, 0.1) is 0 Å². The molecule has 6 aromatic heterocycles. The summed E-state index contributed by atoms with van der Waals surface area (Å²) in [5, 5.41) is 8.93. The smallest absolute Gasteiger partial charge is 0.238 e. The van der Waals surface area contributed by atoms with E-state index in [0.29, 0.717) is 35.2 Å². The molecule has 0 fully saturated rings. The Morgan fingerprint density at radius 3 is 1.04 bits per heavy atom. The number of fused-ring (bicyclic) bond motifs is 13. The molecule has 0 aliphatic heterocycles. The second kappa shape index (κ2) is 18.1. The first-order valence-electron chi connectivity index (χ1n) is 27.5. The Bertz CT molecular complexity index is 5270. The molecule has 382 valence electrons. The first-order chi connectivity index (χ1) is 40.7. The molecule has 0 radical (unpaired) electrons. The molecule has 10 nitrogen and oxygen atoms in total. The third-order valence-electron chi connectivity index (χ3n) is 16.1. The fourth-order valence-electron chi connectivity index (χ4n) is 12.5. The van der Waals surface area contributed by atoms with Crippen LogP contribution in [-0.2, 0) is 0 Å². The highest BCUT2D eigenvalue weighted by atomic mass is 15.2. The number of nitrogens with zero attached hydrogens (tertiary/aromatic N) is 10. The van der Waals surface area contributed by atoms with Crippen LogP contribution in [0.25, 0.3) is 156 Å². The molecule has 17 aromatic rings. The van der Waals surface area contributed by atoms with Crippen LogP contribution in [0.2, 0.25) is 0 Å². The van der Waals surface area contributed by atoms with Gasteiger partial charge >= 0.3 is 0 Å². The van der Waals surface area contributed by atoms with Gasteiger partial charge in [-0.05, 0) is 60.7 Å². The van der Waals surface area contributed by atoms with Crippen LogP contribution in [0.5, 0.6) is 0 Å². The lowest BCUT2D eigenvalue weighted by molar-refractivity contribution is 0.953. The van der Waals surface area contributed by atoms with E-state index in [1.165, 1.54) is 0 Å². The number of rotatable bonds is 8. The molecule has 0 saturated carbocycles. The molecule has 0 atom stereocenters. The van der Waals surface area contributed by atoms with Crippen LogP contribution in [0.15, 0.2) is 267 Å². The molecule has 0 spiro atoms. The number of aromatic nitrogens is 10. The summed E-state index contributed by atoms with van der Waals surface area (Å²) in [6, 6.07) is 93.5. The van der Waals surface area contributed by atoms with Crippen molar-refractivity contribution in [1.82, 2.24) is 48.2 Å². The van der Waals surface area contributed by atoms with E-state index in [-0.39, 0.29) is 0 Å². The Hall–Kier alpha value is -11.4. The zero-order chi connectivity index (χ0) is 53.8. The second-order valence-corrected chi connectivity index (χ2v) is 20.7. The number of hydrogen-bond acceptors (Lipinski definition) is 6. The van der Waals surface area contributed by atoms with Crippen molar-refractivity contribution in [2.24, 2.45) is 0 Å². The predicted molar refractivity (Wildman–Crippen MR) is 332 cm³/mol. The summed E-state index contributed by atoms with van der Waals surface area (Å²) in [5.41, 5.74) is 14.2. The maximum absolute atomic E-state index is 5.32. The van der Waals surface area contributed by atoms with Crippen molar-refractivity contribution in [3.63, 3.8) is 0 Å². The van der Waals surface area contributed by atoms with E-state index < -0.39 is 0 Å². The molecule has 11 aromatic carbocycles. The van der Waals surface area contributed by atoms with Gasteiger partial charge in [-0.25, -0.2) is 9.97 Å². The zero-order valence-corrected chi connectivity index (χ0v) is 43.9. The molecule has 0 bridgehead atoms. The minimum absolute atomic E-state index is 0.552. The number of benzene rings is 11. The van der Waals surface area contributed by atoms with Crippen molar-refractivity contribution >= 4 is 87.2 Å². The van der Waals surface area contributed by atoms with Gasteiger partial charge in [0.1, 0.15) is 0 Å². The van der Waals surface area contributed by atoms with E-state index in [9.17, 15) is 0 Å². The first-order valence-corrected chi connectivity index (χ1v) is 27.5. The molecule has 0 N–H and O–H groups in total. The van der Waals surface area contributed by atoms with E-state index in [1.807, 2.05) is 72.8 Å². The van der Waals surface area contributed by atoms with Gasteiger partial charge in [0, 0.05) is 76.7 Å². The highest BCUT2D eigenvalue weighted by molar-refractivity contribution is 6.26. The van der Waals surface area contributed by atoms with E-state index in [0.717, 1.165) is 121 Å². The van der Waals surface area contributed by atoms with E-state index in [1.54, 1.807) is 0 Å². The molecule has 0 amide bonds. The van der Waals surface area contributed by atoms with Crippen LogP contribution in [0.3, 0.4) is 0 Å². The van der Waals surface area contributed by atoms with E-state index in [4.69, 9.17) is 29.9 Å². The van der Waals surface area contributed by atoms with Crippen LogP contribution >= 0.6 is 0 Å².